The van der Waals surface area contributed by atoms with E-state index in [0.29, 0.717) is 41.7 Å². The summed E-state index contributed by atoms with van der Waals surface area (Å²) in [7, 11) is 1.66. The van der Waals surface area contributed by atoms with Crippen molar-refractivity contribution < 1.29 is 29.1 Å². The third-order valence-corrected chi connectivity index (χ3v) is 15.4. The van der Waals surface area contributed by atoms with Crippen molar-refractivity contribution in [2.75, 3.05) is 25.1 Å². The highest BCUT2D eigenvalue weighted by Crippen LogP contribution is 2.56. The van der Waals surface area contributed by atoms with Gasteiger partial charge >= 0.3 is 11.9 Å². The molecule has 0 unspecified atom stereocenters. The van der Waals surface area contributed by atoms with Crippen molar-refractivity contribution in [1.82, 2.24) is 0 Å². The number of aliphatic carboxylic acids is 2. The molecule has 3 aliphatic rings. The second kappa shape index (κ2) is 27.6. The van der Waals surface area contributed by atoms with E-state index < -0.39 is 22.8 Å². The largest absolute Gasteiger partial charge is 0.497 e. The number of hydrogen-bond acceptors (Lipinski definition) is 7. The number of unbranched alkanes of at least 4 members (excludes halogenated alkanes) is 12. The van der Waals surface area contributed by atoms with Crippen molar-refractivity contribution in [3.8, 4) is 24.0 Å². The van der Waals surface area contributed by atoms with Crippen molar-refractivity contribution in [3.05, 3.63) is 98.8 Å². The number of fused-ring (bicyclic) bond motifs is 2. The molecular weight excluding hydrogens is 883 g/mol. The highest BCUT2D eigenvalue weighted by Gasteiger charge is 2.53. The lowest BCUT2D eigenvalue weighted by molar-refractivity contribution is -0.437. The Kier molecular flexibility index (Phi) is 21.8. The lowest BCUT2D eigenvalue weighted by Crippen LogP contribution is -2.37. The molecule has 0 bridgehead atoms. The number of rotatable bonds is 30. The van der Waals surface area contributed by atoms with Crippen LogP contribution in [0.25, 0.3) is 0 Å². The van der Waals surface area contributed by atoms with Gasteiger partial charge in [0.15, 0.2) is 6.54 Å². The summed E-state index contributed by atoms with van der Waals surface area (Å²) in [6.07, 6.45) is 25.4. The van der Waals surface area contributed by atoms with Crippen molar-refractivity contribution in [2.45, 2.75) is 206 Å². The Hall–Kier alpha value is -5.92. The molecular formula is C61H82N5O5+. The molecule has 2 N–H and O–H groups in total. The molecule has 0 spiro atoms. The van der Waals surface area contributed by atoms with Crippen molar-refractivity contribution in [2.24, 2.45) is 0 Å². The minimum Gasteiger partial charge on any atom is -0.497 e. The molecule has 1 aliphatic carbocycles. The number of hydrogen-bond donors (Lipinski definition) is 2. The number of carbonyl (C=O) groups is 2. The lowest BCUT2D eigenvalue weighted by atomic mass is 9.68. The summed E-state index contributed by atoms with van der Waals surface area (Å²) < 4.78 is 7.91. The van der Waals surface area contributed by atoms with E-state index in [1.165, 1.54) is 0 Å². The molecule has 2 heterocycles. The summed E-state index contributed by atoms with van der Waals surface area (Å²) in [5.41, 5.74) is 8.51. The predicted octanol–water partition coefficient (Wildman–Crippen LogP) is 15.1. The number of anilines is 1. The standard InChI is InChI=1S/C61H81N5O5/c1-7-11-15-19-32-60(33-20-16-12-8-2)52-38-45(5)26-28-54(52)65(36-30-56(67)68)58(60)48(42-62)39-46-24-23-25-47(51(46)44-64)40-49(43-63)59-61(34-21-17-13-9-3,35-22-18-14-10-4)53-41-50(71-6)27-29-55(53)66(59)37-31-57(69)70/h26-29,38-41H,7-25,30-37H2,1-6H3,(H-,67,68,69,70)/p+1. The van der Waals surface area contributed by atoms with Gasteiger partial charge in [0.05, 0.1) is 36.2 Å². The van der Waals surface area contributed by atoms with E-state index >= 15 is 0 Å². The maximum Gasteiger partial charge on any atom is 0.309 e. The summed E-state index contributed by atoms with van der Waals surface area (Å²) in [6.45, 7) is 11.3. The first-order valence-electron chi connectivity index (χ1n) is 27.2. The van der Waals surface area contributed by atoms with Gasteiger partial charge in [-0.3, -0.25) is 9.59 Å². The number of nitriles is 3. The van der Waals surface area contributed by atoms with Gasteiger partial charge in [-0.15, -0.1) is 0 Å². The summed E-state index contributed by atoms with van der Waals surface area (Å²) in [6, 6.07) is 20.3. The third-order valence-electron chi connectivity index (χ3n) is 15.4. The Morgan fingerprint density at radius 1 is 0.732 bits per heavy atom. The molecule has 380 valence electrons. The average molecular weight is 965 g/mol. The van der Waals surface area contributed by atoms with Gasteiger partial charge in [-0.1, -0.05) is 148 Å². The van der Waals surface area contributed by atoms with Gasteiger partial charge in [0.1, 0.15) is 29.9 Å². The highest BCUT2D eigenvalue weighted by molar-refractivity contribution is 6.10. The van der Waals surface area contributed by atoms with Crippen molar-refractivity contribution in [1.29, 1.82) is 15.8 Å². The van der Waals surface area contributed by atoms with E-state index in [9.17, 15) is 35.6 Å². The number of aryl methyl sites for hydroxylation is 1. The molecule has 10 heteroatoms. The smallest absolute Gasteiger partial charge is 0.309 e. The zero-order chi connectivity index (χ0) is 51.4. The summed E-state index contributed by atoms with van der Waals surface area (Å²) in [5.74, 6) is -1.11. The number of carboxylic acids is 2. The SMILES string of the molecule is CCCCCCC1(CCCCCC)C(=C(C#N)C=C2CCCC(C=C(C#N)C3=[N+](CCC(=O)O)c4ccc(OC)cc4C3(CCCCCC)CCCCCC)=C2C#N)N(CCC(=O)O)c2ccc(C)cc21. The predicted molar refractivity (Wildman–Crippen MR) is 285 cm³/mol. The minimum atomic E-state index is -0.919. The zero-order valence-electron chi connectivity index (χ0n) is 44.1. The molecule has 2 aromatic carbocycles. The monoisotopic (exact) mass is 965 g/mol. The van der Waals surface area contributed by atoms with Gasteiger partial charge in [0.2, 0.25) is 11.4 Å². The average Bonchev–Trinajstić information content (AvgIpc) is 3.78. The molecule has 0 fully saturated rings. The topological polar surface area (TPSA) is 161 Å². The number of carboxylic acid groups (broad SMARTS) is 2. The Labute approximate surface area is 426 Å². The molecule has 0 amide bonds. The quantitative estimate of drug-likeness (QED) is 0.0441. The van der Waals surface area contributed by atoms with Crippen LogP contribution in [-0.4, -0.2) is 52.6 Å². The summed E-state index contributed by atoms with van der Waals surface area (Å²) >= 11 is 0. The van der Waals surface area contributed by atoms with Gasteiger partial charge < -0.3 is 19.8 Å². The van der Waals surface area contributed by atoms with E-state index in [2.05, 4.69) is 86.6 Å². The molecule has 10 nitrogen and oxygen atoms in total. The van der Waals surface area contributed by atoms with Gasteiger partial charge in [-0.05, 0) is 98.9 Å². The molecule has 71 heavy (non-hydrogen) atoms. The van der Waals surface area contributed by atoms with Crippen molar-refractivity contribution in [3.63, 3.8) is 0 Å². The second-order valence-corrected chi connectivity index (χ2v) is 20.3. The molecule has 0 saturated carbocycles. The Balaban J connectivity index is 1.80. The molecule has 2 aromatic rings. The number of methoxy groups -OCH3 is 1. The van der Waals surface area contributed by atoms with Crippen LogP contribution in [0.5, 0.6) is 5.75 Å². The molecule has 2 aliphatic heterocycles. The summed E-state index contributed by atoms with van der Waals surface area (Å²) in [4.78, 5) is 26.8. The number of nitrogens with zero attached hydrogens (tertiary/aromatic N) is 5. The zero-order valence-corrected chi connectivity index (χ0v) is 44.1. The molecule has 0 aromatic heterocycles. The van der Waals surface area contributed by atoms with Crippen LogP contribution in [0.3, 0.4) is 0 Å². The fraction of sp³-hybridized carbons (Fsp3) is 0.574. The Bertz CT molecular complexity index is 2460. The van der Waals surface area contributed by atoms with Crippen LogP contribution in [-0.2, 0) is 20.4 Å². The van der Waals surface area contributed by atoms with E-state index in [0.717, 1.165) is 179 Å². The molecule has 0 atom stereocenters. The first-order valence-corrected chi connectivity index (χ1v) is 27.2. The van der Waals surface area contributed by atoms with E-state index in [1.807, 2.05) is 24.3 Å². The van der Waals surface area contributed by atoms with Crippen LogP contribution in [0, 0.1) is 40.9 Å². The highest BCUT2D eigenvalue weighted by atomic mass is 16.5. The maximum atomic E-state index is 12.3. The normalized spacial score (nSPS) is 17.2. The van der Waals surface area contributed by atoms with Crippen LogP contribution in [0.4, 0.5) is 11.4 Å². The Morgan fingerprint density at radius 2 is 1.32 bits per heavy atom. The Morgan fingerprint density at radius 3 is 1.85 bits per heavy atom. The first kappa shape index (κ1) is 56.0. The van der Waals surface area contributed by atoms with E-state index in [-0.39, 0.29) is 25.9 Å². The number of ether oxygens (including phenoxy) is 1. The fourth-order valence-electron chi connectivity index (χ4n) is 11.9. The lowest BCUT2D eigenvalue weighted by Gasteiger charge is -2.35. The van der Waals surface area contributed by atoms with Gasteiger partial charge in [0, 0.05) is 35.0 Å². The second-order valence-electron chi connectivity index (χ2n) is 20.3. The van der Waals surface area contributed by atoms with E-state index in [4.69, 9.17) is 4.74 Å². The van der Waals surface area contributed by atoms with Crippen LogP contribution in [0.15, 0.2) is 82.1 Å². The fourth-order valence-corrected chi connectivity index (χ4v) is 11.9. The summed E-state index contributed by atoms with van der Waals surface area (Å²) in [5, 5.41) is 54.3. The van der Waals surface area contributed by atoms with Crippen LogP contribution in [0.2, 0.25) is 0 Å². The third kappa shape index (κ3) is 13.3. The van der Waals surface area contributed by atoms with Gasteiger partial charge in [-0.2, -0.15) is 20.4 Å². The number of allylic oxidation sites excluding steroid dienone is 8. The van der Waals surface area contributed by atoms with Crippen LogP contribution < -0.4 is 9.64 Å². The molecule has 5 rings (SSSR count). The minimum absolute atomic E-state index is 0.0965. The van der Waals surface area contributed by atoms with E-state index in [1.54, 1.807) is 7.11 Å². The van der Waals surface area contributed by atoms with Gasteiger partial charge in [0.25, 0.3) is 0 Å². The van der Waals surface area contributed by atoms with Gasteiger partial charge in [-0.25, -0.2) is 0 Å². The van der Waals surface area contributed by atoms with Crippen molar-refractivity contribution >= 4 is 29.0 Å². The molecule has 0 saturated heterocycles. The van der Waals surface area contributed by atoms with Crippen LogP contribution in [0.1, 0.15) is 205 Å². The first-order chi connectivity index (χ1) is 34.4. The maximum absolute atomic E-state index is 12.3. The number of benzene rings is 2. The molecule has 0 radical (unpaired) electrons. The van der Waals surface area contributed by atoms with Crippen LogP contribution >= 0.6 is 0 Å².